The molecule has 0 unspecified atom stereocenters. The molecule has 0 aliphatic carbocycles. The average molecular weight is 272 g/mol. The van der Waals surface area contributed by atoms with Crippen LogP contribution in [0.1, 0.15) is 27.7 Å². The zero-order valence-corrected chi connectivity index (χ0v) is 11.6. The van der Waals surface area contributed by atoms with Gasteiger partial charge in [0.15, 0.2) is 0 Å². The summed E-state index contributed by atoms with van der Waals surface area (Å²) in [5.41, 5.74) is -3.39. The van der Waals surface area contributed by atoms with Gasteiger partial charge in [-0.1, -0.05) is 0 Å². The van der Waals surface area contributed by atoms with E-state index in [1.807, 2.05) is 0 Å². The fraction of sp³-hybridized carbons (Fsp3) is 0.750. The minimum atomic E-state index is -1.69. The zero-order valence-electron chi connectivity index (χ0n) is 10.0. The predicted molar refractivity (Wildman–Crippen MR) is 48.6 cm³/mol. The summed E-state index contributed by atoms with van der Waals surface area (Å²) in [7, 11) is 0. The van der Waals surface area contributed by atoms with Crippen LogP contribution in [0.25, 0.3) is 0 Å². The number of quaternary nitrogens is 1. The van der Waals surface area contributed by atoms with Gasteiger partial charge in [-0.05, 0) is 27.7 Å². The Morgan fingerprint density at radius 3 is 0.938 bits per heavy atom. The molecule has 0 aromatic rings. The van der Waals surface area contributed by atoms with Gasteiger partial charge in [0.2, 0.25) is 0 Å². The maximum atomic E-state index is 9.66. The van der Waals surface area contributed by atoms with E-state index in [0.717, 1.165) is 27.7 Å². The first-order valence-corrected chi connectivity index (χ1v) is 3.76. The van der Waals surface area contributed by atoms with E-state index in [2.05, 4.69) is 0 Å². The van der Waals surface area contributed by atoms with Crippen molar-refractivity contribution in [2.45, 2.75) is 38.9 Å². The van der Waals surface area contributed by atoms with Crippen molar-refractivity contribution in [3.63, 3.8) is 0 Å². The Morgan fingerprint density at radius 2 is 0.938 bits per heavy atom. The Kier molecular flexibility index (Phi) is 13.3. The summed E-state index contributed by atoms with van der Waals surface area (Å²) in [4.78, 5) is 19.3. The number of carboxylic acid groups (broad SMARTS) is 2. The van der Waals surface area contributed by atoms with Crippen LogP contribution in [0.3, 0.4) is 0 Å². The van der Waals surface area contributed by atoms with Crippen molar-refractivity contribution in [1.82, 2.24) is 6.15 Å². The number of rotatable bonds is 2. The summed E-state index contributed by atoms with van der Waals surface area (Å²) in [6.07, 6.45) is 0. The second-order valence-corrected chi connectivity index (χ2v) is 3.69. The van der Waals surface area contributed by atoms with Crippen molar-refractivity contribution >= 4 is 11.9 Å². The molecule has 0 bridgehead atoms. The van der Waals surface area contributed by atoms with E-state index >= 15 is 0 Å². The molecule has 0 aliphatic heterocycles. The quantitative estimate of drug-likeness (QED) is 0.467. The molecule has 8 heteroatoms. The SMILES string of the molecule is CC(C)(O)C(=O)[O-].CC(C)(O)C(=O)[O-].[NH4+].[Ti+2]. The van der Waals surface area contributed by atoms with Gasteiger partial charge < -0.3 is 36.2 Å². The number of aliphatic carboxylic acids is 2. The van der Waals surface area contributed by atoms with Crippen LogP contribution in [0.5, 0.6) is 0 Å². The van der Waals surface area contributed by atoms with Crippen molar-refractivity contribution in [3.05, 3.63) is 0 Å². The third kappa shape index (κ3) is 16.0. The van der Waals surface area contributed by atoms with Crippen LogP contribution in [0.2, 0.25) is 0 Å². The number of carbonyl (C=O) groups excluding carboxylic acids is 2. The number of carbonyl (C=O) groups is 2. The van der Waals surface area contributed by atoms with Gasteiger partial charge in [0, 0.05) is 0 Å². The molecule has 7 nitrogen and oxygen atoms in total. The van der Waals surface area contributed by atoms with Crippen LogP contribution in [-0.2, 0) is 31.3 Å². The Hall–Kier alpha value is -0.466. The molecule has 0 fully saturated rings. The molecule has 94 valence electrons. The molecule has 0 heterocycles. The molecule has 6 N–H and O–H groups in total. The molecule has 0 aromatic heterocycles. The van der Waals surface area contributed by atoms with Crippen LogP contribution < -0.4 is 16.4 Å². The summed E-state index contributed by atoms with van der Waals surface area (Å²) in [6.45, 7) is 4.62. The molecular formula is C8H18NO6Ti+. The number of aliphatic hydroxyl groups is 2. The average Bonchev–Trinajstić information content (AvgIpc) is 1.83. The van der Waals surface area contributed by atoms with Crippen LogP contribution >= 0.6 is 0 Å². The van der Waals surface area contributed by atoms with E-state index < -0.39 is 23.1 Å². The monoisotopic (exact) mass is 272 g/mol. The minimum absolute atomic E-state index is 0. The predicted octanol–water partition coefficient (Wildman–Crippen LogP) is -2.61. The summed E-state index contributed by atoms with van der Waals surface area (Å²) in [5.74, 6) is -2.90. The van der Waals surface area contributed by atoms with E-state index in [0.29, 0.717) is 0 Å². The van der Waals surface area contributed by atoms with Crippen molar-refractivity contribution in [2.75, 3.05) is 0 Å². The molecular weight excluding hydrogens is 254 g/mol. The Balaban J connectivity index is -0.0000000800. The maximum absolute atomic E-state index is 9.66. The van der Waals surface area contributed by atoms with Crippen molar-refractivity contribution in [1.29, 1.82) is 0 Å². The first-order valence-electron chi connectivity index (χ1n) is 3.76. The van der Waals surface area contributed by atoms with Crippen LogP contribution in [-0.4, -0.2) is 33.4 Å². The minimum Gasteiger partial charge on any atom is -0.547 e. The largest absolute Gasteiger partial charge is 2.00 e. The van der Waals surface area contributed by atoms with Gasteiger partial charge in [-0.2, -0.15) is 0 Å². The number of carboxylic acids is 2. The van der Waals surface area contributed by atoms with E-state index in [1.54, 1.807) is 0 Å². The maximum Gasteiger partial charge on any atom is 2.00 e. The molecule has 0 saturated heterocycles. The van der Waals surface area contributed by atoms with Gasteiger partial charge in [-0.3, -0.25) is 0 Å². The standard InChI is InChI=1S/2C4H8O3.H3N.Ti/c2*1-4(2,7)3(5)6;;/h2*7H,1-2H3,(H,5,6);1H3;/q;;;+2/p-1. The van der Waals surface area contributed by atoms with Crippen molar-refractivity contribution < 1.29 is 51.7 Å². The summed E-state index contributed by atoms with van der Waals surface area (Å²) < 4.78 is 0. The zero-order chi connectivity index (χ0) is 12.2. The van der Waals surface area contributed by atoms with E-state index in [4.69, 9.17) is 10.2 Å². The van der Waals surface area contributed by atoms with Crippen molar-refractivity contribution in [3.8, 4) is 0 Å². The van der Waals surface area contributed by atoms with Gasteiger partial charge >= 0.3 is 21.7 Å². The molecule has 0 atom stereocenters. The third-order valence-electron chi connectivity index (χ3n) is 0.999. The first kappa shape index (κ1) is 24.7. The Labute approximate surface area is 109 Å². The van der Waals surface area contributed by atoms with Crippen LogP contribution in [0, 0.1) is 0 Å². The third-order valence-corrected chi connectivity index (χ3v) is 0.999. The Morgan fingerprint density at radius 1 is 0.875 bits per heavy atom. The molecule has 0 radical (unpaired) electrons. The van der Waals surface area contributed by atoms with Crippen LogP contribution in [0.4, 0.5) is 0 Å². The van der Waals surface area contributed by atoms with Crippen LogP contribution in [0.15, 0.2) is 0 Å². The second-order valence-electron chi connectivity index (χ2n) is 3.69. The Bertz CT molecular complexity index is 194. The van der Waals surface area contributed by atoms with E-state index in [-0.39, 0.29) is 27.9 Å². The second kappa shape index (κ2) is 8.66. The molecule has 0 spiro atoms. The number of hydrogen-bond acceptors (Lipinski definition) is 6. The van der Waals surface area contributed by atoms with Gasteiger partial charge in [0.05, 0.1) is 23.1 Å². The summed E-state index contributed by atoms with van der Waals surface area (Å²) in [6, 6.07) is 0. The summed E-state index contributed by atoms with van der Waals surface area (Å²) in [5, 5.41) is 36.2. The van der Waals surface area contributed by atoms with Gasteiger partial charge in [0.1, 0.15) is 0 Å². The molecule has 16 heavy (non-hydrogen) atoms. The molecule has 0 saturated carbocycles. The van der Waals surface area contributed by atoms with Gasteiger partial charge in [-0.25, -0.2) is 0 Å². The molecule has 0 aliphatic rings. The molecule has 0 amide bonds. The van der Waals surface area contributed by atoms with Gasteiger partial charge in [0.25, 0.3) is 0 Å². The van der Waals surface area contributed by atoms with E-state index in [1.165, 1.54) is 0 Å². The van der Waals surface area contributed by atoms with Gasteiger partial charge in [-0.15, -0.1) is 0 Å². The summed E-state index contributed by atoms with van der Waals surface area (Å²) >= 11 is 0. The molecule has 0 rings (SSSR count). The first-order chi connectivity index (χ1) is 5.89. The number of hydrogen-bond donors (Lipinski definition) is 3. The molecule has 0 aromatic carbocycles. The topological polar surface area (TPSA) is 157 Å². The smallest absolute Gasteiger partial charge is 0.547 e. The fourth-order valence-corrected chi connectivity index (χ4v) is 0. The normalized spacial score (nSPS) is 9.88. The fourth-order valence-electron chi connectivity index (χ4n) is 0. The van der Waals surface area contributed by atoms with Crippen molar-refractivity contribution in [2.24, 2.45) is 0 Å². The van der Waals surface area contributed by atoms with E-state index in [9.17, 15) is 19.8 Å².